The topological polar surface area (TPSA) is 67.3 Å². The Bertz CT molecular complexity index is 938. The number of likely N-dealkylation sites (N-methyl/N-ethyl adjacent to an activating group) is 1. The number of carbonyl (C=O) groups excluding carboxylic acids is 1. The first kappa shape index (κ1) is 16.0. The van der Waals surface area contributed by atoms with Gasteiger partial charge in [-0.25, -0.2) is 9.97 Å². The molecule has 0 fully saturated rings. The minimum atomic E-state index is -0.367. The van der Waals surface area contributed by atoms with Gasteiger partial charge in [0.25, 0.3) is 0 Å². The van der Waals surface area contributed by atoms with E-state index in [4.69, 9.17) is 4.74 Å². The van der Waals surface area contributed by atoms with Crippen LogP contribution in [0.15, 0.2) is 36.5 Å². The third-order valence-corrected chi connectivity index (χ3v) is 5.14. The maximum absolute atomic E-state index is 12.4. The van der Waals surface area contributed by atoms with Crippen LogP contribution in [0.2, 0.25) is 0 Å². The predicted octanol–water partition coefficient (Wildman–Crippen LogP) is 2.72. The zero-order chi connectivity index (χ0) is 17.4. The normalized spacial score (nSPS) is 16.3. The van der Waals surface area contributed by atoms with Crippen molar-refractivity contribution < 1.29 is 9.53 Å². The molecule has 6 nitrogen and oxygen atoms in total. The smallest absolute Gasteiger partial charge is 0.238 e. The first-order valence-corrected chi connectivity index (χ1v) is 8.87. The molecule has 0 spiro atoms. The summed E-state index contributed by atoms with van der Waals surface area (Å²) in [7, 11) is 4.01. The number of para-hydroxylation sites is 1. The van der Waals surface area contributed by atoms with Crippen molar-refractivity contribution >= 4 is 33.3 Å². The summed E-state index contributed by atoms with van der Waals surface area (Å²) in [6, 6.07) is 9.67. The number of aromatic nitrogens is 2. The van der Waals surface area contributed by atoms with E-state index < -0.39 is 0 Å². The molecule has 0 saturated carbocycles. The number of nitrogens with zero attached hydrogens (tertiary/aromatic N) is 3. The molecule has 0 bridgehead atoms. The van der Waals surface area contributed by atoms with Crippen molar-refractivity contribution in [3.8, 4) is 5.75 Å². The molecule has 4 rings (SSSR count). The van der Waals surface area contributed by atoms with E-state index in [1.807, 2.05) is 44.4 Å². The van der Waals surface area contributed by atoms with Crippen LogP contribution in [0.25, 0.3) is 10.3 Å². The van der Waals surface area contributed by atoms with Crippen LogP contribution in [0.1, 0.15) is 16.5 Å². The van der Waals surface area contributed by atoms with Crippen molar-refractivity contribution in [1.82, 2.24) is 14.9 Å². The number of fused-ring (bicyclic) bond motifs is 2. The van der Waals surface area contributed by atoms with Crippen LogP contribution < -0.4 is 10.1 Å². The molecule has 1 aliphatic rings. The third-order valence-electron chi connectivity index (χ3n) is 4.08. The van der Waals surface area contributed by atoms with Crippen molar-refractivity contribution in [2.24, 2.45) is 0 Å². The van der Waals surface area contributed by atoms with Gasteiger partial charge in [0, 0.05) is 18.3 Å². The van der Waals surface area contributed by atoms with Gasteiger partial charge in [-0.2, -0.15) is 0 Å². The molecular formula is C18H18N4O2S. The van der Waals surface area contributed by atoms with Gasteiger partial charge in [0.15, 0.2) is 5.65 Å². The van der Waals surface area contributed by atoms with Crippen LogP contribution >= 0.6 is 11.3 Å². The summed E-state index contributed by atoms with van der Waals surface area (Å²) >= 11 is 1.49. The second-order valence-corrected chi connectivity index (χ2v) is 7.27. The van der Waals surface area contributed by atoms with E-state index >= 15 is 0 Å². The Kier molecular flexibility index (Phi) is 4.10. The van der Waals surface area contributed by atoms with E-state index in [-0.39, 0.29) is 11.8 Å². The molecule has 1 unspecified atom stereocenters. The van der Waals surface area contributed by atoms with Crippen LogP contribution in [-0.4, -0.2) is 48.0 Å². The summed E-state index contributed by atoms with van der Waals surface area (Å²) < 4.78 is 6.66. The first-order valence-electron chi connectivity index (χ1n) is 8.05. The fourth-order valence-corrected chi connectivity index (χ4v) is 3.89. The quantitative estimate of drug-likeness (QED) is 0.763. The average Bonchev–Trinajstić information content (AvgIpc) is 3.13. The molecule has 0 saturated heterocycles. The molecule has 3 heterocycles. The molecule has 7 heteroatoms. The van der Waals surface area contributed by atoms with E-state index in [0.717, 1.165) is 33.3 Å². The maximum Gasteiger partial charge on any atom is 0.238 e. The highest BCUT2D eigenvalue weighted by Crippen LogP contribution is 2.39. The minimum absolute atomic E-state index is 0.0392. The zero-order valence-electron chi connectivity index (χ0n) is 14.0. The van der Waals surface area contributed by atoms with Crippen LogP contribution in [0.4, 0.5) is 5.69 Å². The standard InChI is InChI=1S/C18H18N4O2S/c1-22(2)7-8-24-11-9-14-16(19-10-11)21-18(25-14)15-12-5-3-4-6-13(12)20-17(15)23/h3-6,9-10,15H,7-8H2,1-2H3,(H,20,23). The molecule has 0 radical (unpaired) electrons. The lowest BCUT2D eigenvalue weighted by atomic mass is 10.0. The van der Waals surface area contributed by atoms with Crippen molar-refractivity contribution in [3.63, 3.8) is 0 Å². The lowest BCUT2D eigenvalue weighted by Gasteiger charge is -2.10. The number of hydrogen-bond acceptors (Lipinski definition) is 6. The molecule has 1 amide bonds. The van der Waals surface area contributed by atoms with Gasteiger partial charge in [0.1, 0.15) is 23.3 Å². The van der Waals surface area contributed by atoms with Crippen molar-refractivity contribution in [3.05, 3.63) is 47.1 Å². The summed E-state index contributed by atoms with van der Waals surface area (Å²) in [6.45, 7) is 1.44. The van der Waals surface area contributed by atoms with Gasteiger partial charge in [-0.1, -0.05) is 18.2 Å². The molecule has 1 aliphatic heterocycles. The minimum Gasteiger partial charge on any atom is -0.491 e. The van der Waals surface area contributed by atoms with Crippen LogP contribution in [-0.2, 0) is 4.79 Å². The second-order valence-electron chi connectivity index (χ2n) is 6.21. The van der Waals surface area contributed by atoms with Crippen molar-refractivity contribution in [2.75, 3.05) is 32.6 Å². The van der Waals surface area contributed by atoms with E-state index in [0.29, 0.717) is 12.3 Å². The van der Waals surface area contributed by atoms with Gasteiger partial charge in [-0.3, -0.25) is 4.79 Å². The molecule has 128 valence electrons. The Morgan fingerprint density at radius 1 is 1.32 bits per heavy atom. The Hall–Kier alpha value is -2.51. The number of amides is 1. The number of carbonyl (C=O) groups is 1. The molecule has 1 aromatic carbocycles. The summed E-state index contributed by atoms with van der Waals surface area (Å²) in [4.78, 5) is 23.4. The number of hydrogen-bond donors (Lipinski definition) is 1. The molecule has 2 aromatic heterocycles. The fraction of sp³-hybridized carbons (Fsp3) is 0.278. The largest absolute Gasteiger partial charge is 0.491 e. The highest BCUT2D eigenvalue weighted by atomic mass is 32.1. The summed E-state index contributed by atoms with van der Waals surface area (Å²) in [5, 5.41) is 3.68. The SMILES string of the molecule is CN(C)CCOc1cnc2nc(C3C(=O)Nc4ccccc43)sc2c1. The van der Waals surface area contributed by atoms with Gasteiger partial charge in [0.2, 0.25) is 5.91 Å². The third kappa shape index (κ3) is 3.08. The average molecular weight is 354 g/mol. The number of thiazole rings is 1. The van der Waals surface area contributed by atoms with E-state index in [2.05, 4.69) is 20.2 Å². The number of ether oxygens (including phenoxy) is 1. The van der Waals surface area contributed by atoms with Gasteiger partial charge >= 0.3 is 0 Å². The maximum atomic E-state index is 12.4. The van der Waals surface area contributed by atoms with Crippen molar-refractivity contribution in [2.45, 2.75) is 5.92 Å². The zero-order valence-corrected chi connectivity index (χ0v) is 14.8. The van der Waals surface area contributed by atoms with Crippen LogP contribution in [0, 0.1) is 0 Å². The summed E-state index contributed by atoms with van der Waals surface area (Å²) in [5.41, 5.74) is 2.48. The summed E-state index contributed by atoms with van der Waals surface area (Å²) in [6.07, 6.45) is 1.68. The second kappa shape index (κ2) is 6.42. The Morgan fingerprint density at radius 3 is 3.00 bits per heavy atom. The lowest BCUT2D eigenvalue weighted by Crippen LogP contribution is -2.19. The molecule has 3 aromatic rings. The Balaban J connectivity index is 1.62. The molecule has 25 heavy (non-hydrogen) atoms. The first-order chi connectivity index (χ1) is 12.1. The highest BCUT2D eigenvalue weighted by molar-refractivity contribution is 7.18. The predicted molar refractivity (Wildman–Crippen MR) is 98.4 cm³/mol. The molecular weight excluding hydrogens is 336 g/mol. The van der Waals surface area contributed by atoms with E-state index in [9.17, 15) is 4.79 Å². The highest BCUT2D eigenvalue weighted by Gasteiger charge is 2.34. The van der Waals surface area contributed by atoms with Crippen molar-refractivity contribution in [1.29, 1.82) is 0 Å². The van der Waals surface area contributed by atoms with Crippen LogP contribution in [0.5, 0.6) is 5.75 Å². The monoisotopic (exact) mass is 354 g/mol. The van der Waals surface area contributed by atoms with Gasteiger partial charge < -0.3 is 15.0 Å². The number of nitrogens with one attached hydrogen (secondary N) is 1. The van der Waals surface area contributed by atoms with Gasteiger partial charge in [0.05, 0.1) is 10.9 Å². The van der Waals surface area contributed by atoms with Gasteiger partial charge in [-0.05, 0) is 25.7 Å². The number of pyridine rings is 1. The number of benzene rings is 1. The molecule has 0 aliphatic carbocycles. The fourth-order valence-electron chi connectivity index (χ4n) is 2.82. The Labute approximate surface area is 149 Å². The van der Waals surface area contributed by atoms with Gasteiger partial charge in [-0.15, -0.1) is 11.3 Å². The van der Waals surface area contributed by atoms with Crippen LogP contribution in [0.3, 0.4) is 0 Å². The summed E-state index contributed by atoms with van der Waals surface area (Å²) in [5.74, 6) is 0.317. The van der Waals surface area contributed by atoms with E-state index in [1.54, 1.807) is 6.20 Å². The lowest BCUT2D eigenvalue weighted by molar-refractivity contribution is -0.116. The number of rotatable bonds is 5. The number of anilines is 1. The van der Waals surface area contributed by atoms with E-state index in [1.165, 1.54) is 11.3 Å². The Morgan fingerprint density at radius 2 is 2.16 bits per heavy atom. The molecule has 1 atom stereocenters. The molecule has 1 N–H and O–H groups in total.